The molecule has 1 saturated heterocycles. The van der Waals surface area contributed by atoms with E-state index in [0.717, 1.165) is 17.5 Å². The van der Waals surface area contributed by atoms with Gasteiger partial charge in [-0.3, -0.25) is 14.6 Å². The van der Waals surface area contributed by atoms with Crippen LogP contribution < -0.4 is 4.74 Å². The Morgan fingerprint density at radius 1 is 1.00 bits per heavy atom. The first-order valence-electron chi connectivity index (χ1n) is 11.1. The monoisotopic (exact) mass is 442 g/mol. The Balaban J connectivity index is 1.70. The van der Waals surface area contributed by atoms with Crippen LogP contribution in [0.2, 0.25) is 0 Å². The van der Waals surface area contributed by atoms with Crippen LogP contribution in [0.4, 0.5) is 0 Å². The number of carbonyl (C=O) groups excluding carboxylic acids is 2. The molecule has 33 heavy (non-hydrogen) atoms. The lowest BCUT2D eigenvalue weighted by Gasteiger charge is -2.25. The second-order valence-electron chi connectivity index (χ2n) is 7.88. The van der Waals surface area contributed by atoms with Crippen molar-refractivity contribution in [1.29, 1.82) is 0 Å². The van der Waals surface area contributed by atoms with E-state index in [4.69, 9.17) is 4.74 Å². The number of ketones is 1. The molecule has 168 valence electrons. The van der Waals surface area contributed by atoms with E-state index in [-0.39, 0.29) is 11.3 Å². The highest BCUT2D eigenvalue weighted by Crippen LogP contribution is 2.39. The van der Waals surface area contributed by atoms with Gasteiger partial charge in [0, 0.05) is 24.5 Å². The number of rotatable bonds is 8. The van der Waals surface area contributed by atoms with Gasteiger partial charge in [0.1, 0.15) is 11.5 Å². The number of hydrogen-bond donors (Lipinski definition) is 1. The van der Waals surface area contributed by atoms with Gasteiger partial charge in [-0.15, -0.1) is 0 Å². The minimum Gasteiger partial charge on any atom is -0.507 e. The van der Waals surface area contributed by atoms with Crippen LogP contribution in [-0.4, -0.2) is 39.8 Å². The van der Waals surface area contributed by atoms with Crippen molar-refractivity contribution in [2.24, 2.45) is 0 Å². The summed E-state index contributed by atoms with van der Waals surface area (Å²) in [4.78, 5) is 31.7. The third kappa shape index (κ3) is 4.80. The topological polar surface area (TPSA) is 79.7 Å². The van der Waals surface area contributed by atoms with E-state index in [1.165, 1.54) is 4.90 Å². The number of aliphatic hydroxyl groups excluding tert-OH is 1. The van der Waals surface area contributed by atoms with Gasteiger partial charge in [-0.1, -0.05) is 37.3 Å². The molecule has 4 rings (SSSR count). The summed E-state index contributed by atoms with van der Waals surface area (Å²) < 4.78 is 5.60. The summed E-state index contributed by atoms with van der Waals surface area (Å²) >= 11 is 0. The molecule has 3 aromatic rings. The maximum atomic E-state index is 13.1. The maximum Gasteiger partial charge on any atom is 0.295 e. The minimum atomic E-state index is -0.687. The smallest absolute Gasteiger partial charge is 0.295 e. The Kier molecular flexibility index (Phi) is 6.83. The zero-order chi connectivity index (χ0) is 23.2. The van der Waals surface area contributed by atoms with Gasteiger partial charge in [0.25, 0.3) is 11.7 Å². The molecular weight excluding hydrogens is 416 g/mol. The Hall–Kier alpha value is -3.93. The summed E-state index contributed by atoms with van der Waals surface area (Å²) in [6, 6.07) is 19.5. The molecule has 1 unspecified atom stereocenters. The Bertz CT molecular complexity index is 1140. The number of pyridine rings is 1. The van der Waals surface area contributed by atoms with Crippen molar-refractivity contribution in [3.8, 4) is 5.75 Å². The molecule has 1 aliphatic rings. The fraction of sp³-hybridized carbons (Fsp3) is 0.222. The molecule has 0 radical (unpaired) electrons. The van der Waals surface area contributed by atoms with Crippen LogP contribution in [0.1, 0.15) is 36.1 Å². The van der Waals surface area contributed by atoms with Gasteiger partial charge < -0.3 is 14.7 Å². The summed E-state index contributed by atoms with van der Waals surface area (Å²) in [6.07, 6.45) is 4.72. The predicted octanol–water partition coefficient (Wildman–Crippen LogP) is 4.53. The number of Topliss-reactive ketones (excluding diaryl/α,β-unsaturated/α-hetero) is 1. The molecule has 0 aliphatic carbocycles. The van der Waals surface area contributed by atoms with Crippen LogP contribution in [0, 0.1) is 0 Å². The number of aliphatic hydroxyl groups is 1. The number of likely N-dealkylation sites (tertiary alicyclic amines) is 1. The molecule has 1 amide bonds. The van der Waals surface area contributed by atoms with Crippen LogP contribution in [0.15, 0.2) is 84.7 Å². The highest BCUT2D eigenvalue weighted by molar-refractivity contribution is 6.46. The van der Waals surface area contributed by atoms with Gasteiger partial charge in [0.2, 0.25) is 0 Å². The van der Waals surface area contributed by atoms with Crippen molar-refractivity contribution in [3.05, 3.63) is 101 Å². The highest BCUT2D eigenvalue weighted by Gasteiger charge is 2.45. The largest absolute Gasteiger partial charge is 0.507 e. The third-order valence-corrected chi connectivity index (χ3v) is 5.65. The molecular formula is C27H26N2O4. The lowest BCUT2D eigenvalue weighted by molar-refractivity contribution is -0.139. The van der Waals surface area contributed by atoms with E-state index in [1.54, 1.807) is 48.8 Å². The summed E-state index contributed by atoms with van der Waals surface area (Å²) in [6.45, 7) is 2.97. The van der Waals surface area contributed by atoms with Crippen LogP contribution in [0.3, 0.4) is 0 Å². The predicted molar refractivity (Wildman–Crippen MR) is 126 cm³/mol. The van der Waals surface area contributed by atoms with Gasteiger partial charge in [0.15, 0.2) is 0 Å². The molecule has 0 bridgehead atoms. The molecule has 2 heterocycles. The quantitative estimate of drug-likeness (QED) is 0.315. The van der Waals surface area contributed by atoms with Crippen LogP contribution >= 0.6 is 0 Å². The summed E-state index contributed by atoms with van der Waals surface area (Å²) in [5, 5.41) is 11.1. The van der Waals surface area contributed by atoms with Crippen molar-refractivity contribution in [3.63, 3.8) is 0 Å². The lowest BCUT2D eigenvalue weighted by atomic mass is 9.96. The molecule has 1 aromatic heterocycles. The van der Waals surface area contributed by atoms with Crippen LogP contribution in [0.5, 0.6) is 5.75 Å². The summed E-state index contributed by atoms with van der Waals surface area (Å²) in [5.41, 5.74) is 2.33. The Labute approximate surface area is 193 Å². The van der Waals surface area contributed by atoms with E-state index >= 15 is 0 Å². The van der Waals surface area contributed by atoms with Gasteiger partial charge in [-0.05, 0) is 60.4 Å². The van der Waals surface area contributed by atoms with E-state index in [1.807, 2.05) is 37.3 Å². The zero-order valence-electron chi connectivity index (χ0n) is 18.5. The van der Waals surface area contributed by atoms with Crippen molar-refractivity contribution in [1.82, 2.24) is 9.88 Å². The van der Waals surface area contributed by atoms with E-state index < -0.39 is 17.7 Å². The average molecular weight is 443 g/mol. The molecule has 6 nitrogen and oxygen atoms in total. The second-order valence-corrected chi connectivity index (χ2v) is 7.88. The number of aromatic nitrogens is 1. The summed E-state index contributed by atoms with van der Waals surface area (Å²) in [5.74, 6) is -0.812. The SMILES string of the molecule is CCCOc1ccc(/C(O)=C2\C(=O)C(=O)N(CCc3ccccc3)C2c2ccncc2)cc1. The highest BCUT2D eigenvalue weighted by atomic mass is 16.5. The second kappa shape index (κ2) is 10.1. The lowest BCUT2D eigenvalue weighted by Crippen LogP contribution is -2.31. The normalized spacial score (nSPS) is 17.4. The van der Waals surface area contributed by atoms with Gasteiger partial charge in [-0.25, -0.2) is 0 Å². The van der Waals surface area contributed by atoms with E-state index in [2.05, 4.69) is 4.98 Å². The van der Waals surface area contributed by atoms with E-state index in [9.17, 15) is 14.7 Å². The number of nitrogens with zero attached hydrogens (tertiary/aromatic N) is 2. The van der Waals surface area contributed by atoms with Gasteiger partial charge in [-0.2, -0.15) is 0 Å². The van der Waals surface area contributed by atoms with Crippen molar-refractivity contribution in [2.45, 2.75) is 25.8 Å². The molecule has 0 spiro atoms. The molecule has 1 N–H and O–H groups in total. The van der Waals surface area contributed by atoms with Gasteiger partial charge in [0.05, 0.1) is 18.2 Å². The van der Waals surface area contributed by atoms with E-state index in [0.29, 0.717) is 30.9 Å². The first-order chi connectivity index (χ1) is 16.1. The van der Waals surface area contributed by atoms with Crippen molar-refractivity contribution >= 4 is 17.4 Å². The Morgan fingerprint density at radius 2 is 1.70 bits per heavy atom. The first-order valence-corrected chi connectivity index (χ1v) is 11.1. The fourth-order valence-corrected chi connectivity index (χ4v) is 3.98. The Morgan fingerprint density at radius 3 is 2.36 bits per heavy atom. The third-order valence-electron chi connectivity index (χ3n) is 5.65. The molecule has 1 fully saturated rings. The zero-order valence-corrected chi connectivity index (χ0v) is 18.5. The van der Waals surface area contributed by atoms with Gasteiger partial charge >= 0.3 is 0 Å². The van der Waals surface area contributed by atoms with Crippen molar-refractivity contribution < 1.29 is 19.4 Å². The number of ether oxygens (including phenoxy) is 1. The molecule has 1 aliphatic heterocycles. The van der Waals surface area contributed by atoms with Crippen LogP contribution in [0.25, 0.3) is 5.76 Å². The molecule has 6 heteroatoms. The number of carbonyl (C=O) groups is 2. The minimum absolute atomic E-state index is 0.0847. The fourth-order valence-electron chi connectivity index (χ4n) is 3.98. The van der Waals surface area contributed by atoms with Crippen LogP contribution in [-0.2, 0) is 16.0 Å². The number of amides is 1. The molecule has 1 atom stereocenters. The first kappa shape index (κ1) is 22.3. The average Bonchev–Trinajstić information content (AvgIpc) is 3.12. The molecule has 2 aromatic carbocycles. The maximum absolute atomic E-state index is 13.1. The molecule has 0 saturated carbocycles. The summed E-state index contributed by atoms with van der Waals surface area (Å²) in [7, 11) is 0. The standard InChI is InChI=1S/C27H26N2O4/c1-2-18-33-22-10-8-21(9-11-22)25(30)23-24(20-12-15-28-16-13-20)29(27(32)26(23)31)17-14-19-6-4-3-5-7-19/h3-13,15-16,24,30H,2,14,17-18H2,1H3/b25-23+. The van der Waals surface area contributed by atoms with Crippen molar-refractivity contribution in [2.75, 3.05) is 13.2 Å². The number of hydrogen-bond acceptors (Lipinski definition) is 5. The number of benzene rings is 2.